The normalized spacial score (nSPS) is 12.5. The van der Waals surface area contributed by atoms with Crippen LogP contribution < -0.4 is 5.56 Å². The van der Waals surface area contributed by atoms with Gasteiger partial charge in [-0.1, -0.05) is 30.3 Å². The van der Waals surface area contributed by atoms with E-state index in [1.807, 2.05) is 43.3 Å². The highest BCUT2D eigenvalue weighted by atomic mass is 16.1. The molecule has 0 amide bonds. The van der Waals surface area contributed by atoms with E-state index in [0.717, 1.165) is 22.5 Å². The Morgan fingerprint density at radius 2 is 2.00 bits per heavy atom. The maximum atomic E-state index is 12.5. The van der Waals surface area contributed by atoms with Crippen LogP contribution >= 0.6 is 0 Å². The first-order valence-electron chi connectivity index (χ1n) is 6.33. The SMILES string of the molecule is Cc1ccc2c(=O)n3c(nc2c1)-c1ccccc1C3. The molecule has 3 heteroatoms. The molecule has 92 valence electrons. The Bertz CT molecular complexity index is 878. The molecule has 3 nitrogen and oxygen atoms in total. The van der Waals surface area contributed by atoms with Crippen molar-refractivity contribution >= 4 is 10.9 Å². The standard InChI is InChI=1S/C16H12N2O/c1-10-6-7-13-14(8-10)17-15-12-5-3-2-4-11(12)9-18(15)16(13)19/h2-8H,9H2,1H3. The molecular weight excluding hydrogens is 236 g/mol. The largest absolute Gasteiger partial charge is 0.288 e. The van der Waals surface area contributed by atoms with Crippen molar-refractivity contribution in [2.45, 2.75) is 13.5 Å². The van der Waals surface area contributed by atoms with Crippen molar-refractivity contribution in [1.82, 2.24) is 9.55 Å². The second kappa shape index (κ2) is 3.54. The lowest BCUT2D eigenvalue weighted by molar-refractivity contribution is 0.797. The Morgan fingerprint density at radius 1 is 1.16 bits per heavy atom. The molecular formula is C16H12N2O. The average molecular weight is 248 g/mol. The molecule has 1 aliphatic rings. The molecule has 0 bridgehead atoms. The zero-order valence-corrected chi connectivity index (χ0v) is 10.6. The number of rotatable bonds is 0. The van der Waals surface area contributed by atoms with Gasteiger partial charge in [0.1, 0.15) is 5.82 Å². The van der Waals surface area contributed by atoms with Crippen LogP contribution in [-0.2, 0) is 6.54 Å². The zero-order valence-electron chi connectivity index (χ0n) is 10.6. The maximum absolute atomic E-state index is 12.5. The Hall–Kier alpha value is -2.42. The van der Waals surface area contributed by atoms with Gasteiger partial charge in [-0.25, -0.2) is 4.98 Å². The molecule has 0 unspecified atom stereocenters. The molecule has 0 saturated carbocycles. The maximum Gasteiger partial charge on any atom is 0.261 e. The van der Waals surface area contributed by atoms with Crippen molar-refractivity contribution in [2.75, 3.05) is 0 Å². The van der Waals surface area contributed by atoms with Gasteiger partial charge in [0, 0.05) is 5.56 Å². The van der Waals surface area contributed by atoms with Crippen LogP contribution in [0.25, 0.3) is 22.3 Å². The smallest absolute Gasteiger partial charge is 0.261 e. The lowest BCUT2D eigenvalue weighted by Crippen LogP contribution is -2.20. The highest BCUT2D eigenvalue weighted by molar-refractivity contribution is 5.81. The summed E-state index contributed by atoms with van der Waals surface area (Å²) in [6, 6.07) is 13.9. The van der Waals surface area contributed by atoms with Gasteiger partial charge >= 0.3 is 0 Å². The lowest BCUT2D eigenvalue weighted by Gasteiger charge is -2.05. The van der Waals surface area contributed by atoms with Crippen molar-refractivity contribution in [3.05, 3.63) is 63.9 Å². The first-order chi connectivity index (χ1) is 9.24. The minimum absolute atomic E-state index is 0.0520. The van der Waals surface area contributed by atoms with Crippen LogP contribution in [0.3, 0.4) is 0 Å². The number of nitrogens with zero attached hydrogens (tertiary/aromatic N) is 2. The Morgan fingerprint density at radius 3 is 2.89 bits per heavy atom. The van der Waals surface area contributed by atoms with E-state index in [1.165, 1.54) is 5.56 Å². The molecule has 2 aromatic carbocycles. The molecule has 0 radical (unpaired) electrons. The number of hydrogen-bond acceptors (Lipinski definition) is 2. The third-order valence-corrected chi connectivity index (χ3v) is 3.70. The summed E-state index contributed by atoms with van der Waals surface area (Å²) < 4.78 is 1.77. The van der Waals surface area contributed by atoms with Gasteiger partial charge in [-0.05, 0) is 30.2 Å². The number of hydrogen-bond donors (Lipinski definition) is 0. The van der Waals surface area contributed by atoms with Crippen LogP contribution in [0.15, 0.2) is 47.3 Å². The quantitative estimate of drug-likeness (QED) is 0.479. The minimum Gasteiger partial charge on any atom is -0.288 e. The van der Waals surface area contributed by atoms with E-state index in [9.17, 15) is 4.79 Å². The molecule has 0 aliphatic carbocycles. The van der Waals surface area contributed by atoms with Gasteiger partial charge in [-0.2, -0.15) is 0 Å². The fourth-order valence-electron chi connectivity index (χ4n) is 2.73. The van der Waals surface area contributed by atoms with Crippen LogP contribution in [0, 0.1) is 6.92 Å². The van der Waals surface area contributed by atoms with Crippen LogP contribution in [-0.4, -0.2) is 9.55 Å². The number of fused-ring (bicyclic) bond motifs is 4. The number of aryl methyl sites for hydroxylation is 1. The summed E-state index contributed by atoms with van der Waals surface area (Å²) in [7, 11) is 0. The third-order valence-electron chi connectivity index (χ3n) is 3.70. The van der Waals surface area contributed by atoms with Crippen LogP contribution in [0.1, 0.15) is 11.1 Å². The van der Waals surface area contributed by atoms with Crippen molar-refractivity contribution in [3.63, 3.8) is 0 Å². The fraction of sp³-hybridized carbons (Fsp3) is 0.125. The van der Waals surface area contributed by atoms with Gasteiger partial charge < -0.3 is 0 Å². The summed E-state index contributed by atoms with van der Waals surface area (Å²) in [4.78, 5) is 17.2. The molecule has 0 saturated heterocycles. The summed E-state index contributed by atoms with van der Waals surface area (Å²) in [5.41, 5.74) is 4.20. The second-order valence-corrected chi connectivity index (χ2v) is 5.00. The summed E-state index contributed by atoms with van der Waals surface area (Å²) in [6.45, 7) is 2.64. The lowest BCUT2D eigenvalue weighted by atomic mass is 10.1. The number of benzene rings is 2. The molecule has 1 aliphatic heterocycles. The summed E-state index contributed by atoms with van der Waals surface area (Å²) >= 11 is 0. The van der Waals surface area contributed by atoms with Gasteiger partial charge in [0.25, 0.3) is 5.56 Å². The molecule has 3 aromatic rings. The molecule has 1 aromatic heterocycles. The van der Waals surface area contributed by atoms with Crippen molar-refractivity contribution in [1.29, 1.82) is 0 Å². The summed E-state index contributed by atoms with van der Waals surface area (Å²) in [5, 5.41) is 0.696. The van der Waals surface area contributed by atoms with Gasteiger partial charge in [-0.15, -0.1) is 0 Å². The molecule has 0 N–H and O–H groups in total. The predicted octanol–water partition coefficient (Wildman–Crippen LogP) is 2.73. The molecule has 0 fully saturated rings. The van der Waals surface area contributed by atoms with Crippen molar-refractivity contribution in [3.8, 4) is 11.4 Å². The van der Waals surface area contributed by atoms with Crippen LogP contribution in [0.5, 0.6) is 0 Å². The zero-order chi connectivity index (χ0) is 13.0. The van der Waals surface area contributed by atoms with Crippen LogP contribution in [0.4, 0.5) is 0 Å². The minimum atomic E-state index is 0.0520. The van der Waals surface area contributed by atoms with E-state index >= 15 is 0 Å². The Balaban J connectivity index is 2.14. The van der Waals surface area contributed by atoms with E-state index in [1.54, 1.807) is 4.57 Å². The predicted molar refractivity (Wildman–Crippen MR) is 75.3 cm³/mol. The van der Waals surface area contributed by atoms with Crippen molar-refractivity contribution in [2.24, 2.45) is 0 Å². The first kappa shape index (κ1) is 10.5. The highest BCUT2D eigenvalue weighted by Crippen LogP contribution is 2.29. The van der Waals surface area contributed by atoms with E-state index in [0.29, 0.717) is 11.9 Å². The Kier molecular flexibility index (Phi) is 1.96. The average Bonchev–Trinajstić information content (AvgIpc) is 2.78. The molecule has 0 atom stereocenters. The van der Waals surface area contributed by atoms with Crippen LogP contribution in [0.2, 0.25) is 0 Å². The fourth-order valence-corrected chi connectivity index (χ4v) is 2.73. The van der Waals surface area contributed by atoms with Crippen molar-refractivity contribution < 1.29 is 0 Å². The first-order valence-corrected chi connectivity index (χ1v) is 6.33. The topological polar surface area (TPSA) is 34.9 Å². The summed E-state index contributed by atoms with van der Waals surface area (Å²) in [5.74, 6) is 0.790. The second-order valence-electron chi connectivity index (χ2n) is 5.00. The van der Waals surface area contributed by atoms with E-state index in [-0.39, 0.29) is 5.56 Å². The van der Waals surface area contributed by atoms with Gasteiger partial charge in [0.2, 0.25) is 0 Å². The van der Waals surface area contributed by atoms with E-state index in [4.69, 9.17) is 0 Å². The summed E-state index contributed by atoms with van der Waals surface area (Å²) in [6.07, 6.45) is 0. The molecule has 4 rings (SSSR count). The number of aromatic nitrogens is 2. The van der Waals surface area contributed by atoms with Gasteiger partial charge in [0.05, 0.1) is 17.4 Å². The van der Waals surface area contributed by atoms with Gasteiger partial charge in [0.15, 0.2) is 0 Å². The van der Waals surface area contributed by atoms with Gasteiger partial charge in [-0.3, -0.25) is 9.36 Å². The third kappa shape index (κ3) is 1.38. The highest BCUT2D eigenvalue weighted by Gasteiger charge is 2.21. The monoisotopic (exact) mass is 248 g/mol. The van der Waals surface area contributed by atoms with E-state index < -0.39 is 0 Å². The molecule has 2 heterocycles. The molecule has 0 spiro atoms. The Labute approximate surface area is 110 Å². The van der Waals surface area contributed by atoms with E-state index in [2.05, 4.69) is 11.1 Å². The molecule has 19 heavy (non-hydrogen) atoms.